The normalized spacial score (nSPS) is 15.1. The van der Waals surface area contributed by atoms with E-state index in [0.29, 0.717) is 13.1 Å². The quantitative estimate of drug-likeness (QED) is 0.415. The first-order chi connectivity index (χ1) is 14.6. The largest absolute Gasteiger partial charge is 0.354 e. The molecule has 0 bridgehead atoms. The van der Waals surface area contributed by atoms with Gasteiger partial charge in [-0.3, -0.25) is 14.7 Å². The average Bonchev–Trinajstić information content (AvgIpc) is 2.77. The molecule has 0 saturated carbocycles. The third-order valence-corrected chi connectivity index (χ3v) is 5.14. The molecule has 1 fully saturated rings. The van der Waals surface area contributed by atoms with Crippen LogP contribution >= 0.6 is 0 Å². The maximum Gasteiger partial charge on any atom is 0.224 e. The van der Waals surface area contributed by atoms with Crippen LogP contribution in [0.1, 0.15) is 11.1 Å². The topological polar surface area (TPSA) is 60.0 Å². The van der Waals surface area contributed by atoms with Crippen LogP contribution < -0.4 is 10.6 Å². The minimum Gasteiger partial charge on any atom is -0.354 e. The number of hydrogen-bond acceptors (Lipinski definition) is 3. The predicted octanol–water partition coefficient (Wildman–Crippen LogP) is 1.88. The van der Waals surface area contributed by atoms with Gasteiger partial charge in [0.05, 0.1) is 6.42 Å². The van der Waals surface area contributed by atoms with Crippen molar-refractivity contribution in [3.8, 4) is 0 Å². The molecule has 1 heterocycles. The van der Waals surface area contributed by atoms with Gasteiger partial charge < -0.3 is 15.5 Å². The molecule has 30 heavy (non-hydrogen) atoms. The van der Waals surface area contributed by atoms with Gasteiger partial charge in [0.15, 0.2) is 5.96 Å². The molecule has 7 heteroatoms. The number of nitrogens with zero attached hydrogens (tertiary/aromatic N) is 3. The third kappa shape index (κ3) is 6.84. The van der Waals surface area contributed by atoms with Crippen LogP contribution in [0.25, 0.3) is 0 Å². The monoisotopic (exact) mass is 411 g/mol. The van der Waals surface area contributed by atoms with Gasteiger partial charge in [0.1, 0.15) is 5.82 Å². The van der Waals surface area contributed by atoms with Gasteiger partial charge >= 0.3 is 0 Å². The van der Waals surface area contributed by atoms with Crippen LogP contribution in [0.2, 0.25) is 0 Å². The van der Waals surface area contributed by atoms with E-state index in [4.69, 9.17) is 0 Å². The molecule has 2 aromatic rings. The smallest absolute Gasteiger partial charge is 0.224 e. The number of hydrogen-bond donors (Lipinski definition) is 2. The highest BCUT2D eigenvalue weighted by Gasteiger charge is 2.19. The second kappa shape index (κ2) is 11.3. The first-order valence-electron chi connectivity index (χ1n) is 10.4. The first kappa shape index (κ1) is 21.8. The van der Waals surface area contributed by atoms with Crippen molar-refractivity contribution in [1.82, 2.24) is 20.4 Å². The highest BCUT2D eigenvalue weighted by molar-refractivity contribution is 5.80. The Morgan fingerprint density at radius 1 is 0.933 bits per heavy atom. The number of rotatable bonds is 7. The minimum atomic E-state index is -0.296. The molecule has 1 amide bonds. The molecule has 160 valence electrons. The molecule has 1 aliphatic rings. The Labute approximate surface area is 177 Å². The van der Waals surface area contributed by atoms with Crippen molar-refractivity contribution >= 4 is 11.9 Å². The van der Waals surface area contributed by atoms with Gasteiger partial charge in [-0.05, 0) is 23.3 Å². The van der Waals surface area contributed by atoms with Crippen LogP contribution in [-0.2, 0) is 17.8 Å². The summed E-state index contributed by atoms with van der Waals surface area (Å²) in [5.74, 6) is 0.491. The number of carbonyl (C=O) groups excluding carboxylic acids is 1. The molecule has 2 aromatic carbocycles. The summed E-state index contributed by atoms with van der Waals surface area (Å²) in [5, 5.41) is 6.21. The molecule has 0 atom stereocenters. The number of aliphatic imine (C=N–C) groups is 1. The Morgan fingerprint density at radius 3 is 2.27 bits per heavy atom. The molecule has 0 spiro atoms. The van der Waals surface area contributed by atoms with E-state index >= 15 is 0 Å². The lowest BCUT2D eigenvalue weighted by Gasteiger charge is -2.36. The van der Waals surface area contributed by atoms with E-state index < -0.39 is 0 Å². The number of halogens is 1. The number of carbonyl (C=O) groups is 1. The second-order valence-electron chi connectivity index (χ2n) is 7.38. The second-order valence-corrected chi connectivity index (χ2v) is 7.38. The fraction of sp³-hybridized carbons (Fsp3) is 0.391. The molecule has 0 aromatic heterocycles. The van der Waals surface area contributed by atoms with Gasteiger partial charge in [-0.2, -0.15) is 0 Å². The Hall–Kier alpha value is -2.93. The van der Waals surface area contributed by atoms with E-state index in [9.17, 15) is 9.18 Å². The lowest BCUT2D eigenvalue weighted by Crippen LogP contribution is -2.53. The first-order valence-corrected chi connectivity index (χ1v) is 10.4. The van der Waals surface area contributed by atoms with Crippen LogP contribution in [0.3, 0.4) is 0 Å². The summed E-state index contributed by atoms with van der Waals surface area (Å²) in [5.41, 5.74) is 2.14. The molecule has 0 unspecified atom stereocenters. The third-order valence-electron chi connectivity index (χ3n) is 5.14. The molecule has 2 N–H and O–H groups in total. The van der Waals surface area contributed by atoms with Crippen LogP contribution in [0.4, 0.5) is 4.39 Å². The maximum atomic E-state index is 12.9. The van der Waals surface area contributed by atoms with E-state index in [0.717, 1.165) is 44.2 Å². The summed E-state index contributed by atoms with van der Waals surface area (Å²) in [6.07, 6.45) is 0.248. The van der Waals surface area contributed by atoms with Gasteiger partial charge in [-0.1, -0.05) is 42.5 Å². The van der Waals surface area contributed by atoms with Crippen molar-refractivity contribution in [3.63, 3.8) is 0 Å². The Kier molecular flexibility index (Phi) is 8.20. The van der Waals surface area contributed by atoms with Crippen molar-refractivity contribution in [2.24, 2.45) is 4.99 Å². The lowest BCUT2D eigenvalue weighted by molar-refractivity contribution is -0.120. The average molecular weight is 412 g/mol. The van der Waals surface area contributed by atoms with Crippen molar-refractivity contribution < 1.29 is 9.18 Å². The van der Waals surface area contributed by atoms with E-state index in [1.165, 1.54) is 17.7 Å². The van der Waals surface area contributed by atoms with E-state index in [-0.39, 0.29) is 18.1 Å². The number of piperazine rings is 1. The molecule has 6 nitrogen and oxygen atoms in total. The summed E-state index contributed by atoms with van der Waals surface area (Å²) in [4.78, 5) is 21.1. The minimum absolute atomic E-state index is 0.0760. The summed E-state index contributed by atoms with van der Waals surface area (Å²) in [7, 11) is 1.78. The zero-order valence-corrected chi connectivity index (χ0v) is 17.5. The van der Waals surface area contributed by atoms with Gasteiger partial charge in [-0.25, -0.2) is 4.39 Å². The van der Waals surface area contributed by atoms with Crippen molar-refractivity contribution in [1.29, 1.82) is 0 Å². The molecule has 1 aliphatic heterocycles. The lowest BCUT2D eigenvalue weighted by atomic mass is 10.1. The van der Waals surface area contributed by atoms with Crippen LogP contribution in [0, 0.1) is 5.82 Å². The Morgan fingerprint density at radius 2 is 1.60 bits per heavy atom. The summed E-state index contributed by atoms with van der Waals surface area (Å²) in [6, 6.07) is 16.5. The van der Waals surface area contributed by atoms with Crippen LogP contribution in [-0.4, -0.2) is 68.0 Å². The van der Waals surface area contributed by atoms with Crippen LogP contribution in [0.15, 0.2) is 59.6 Å². The van der Waals surface area contributed by atoms with E-state index in [2.05, 4.69) is 49.7 Å². The molecule has 3 rings (SSSR count). The fourth-order valence-electron chi connectivity index (χ4n) is 3.52. The number of amides is 1. The Bertz CT molecular complexity index is 817. The SMILES string of the molecule is CN=C(NCCNC(=O)Cc1ccc(F)cc1)N1CCN(Cc2ccccc2)CC1. The number of benzene rings is 2. The molecular formula is C23H30FN5O. The number of nitrogens with one attached hydrogen (secondary N) is 2. The van der Waals surface area contributed by atoms with Crippen molar-refractivity contribution in [2.75, 3.05) is 46.3 Å². The molecule has 0 radical (unpaired) electrons. The van der Waals surface area contributed by atoms with Crippen molar-refractivity contribution in [2.45, 2.75) is 13.0 Å². The van der Waals surface area contributed by atoms with Crippen LogP contribution in [0.5, 0.6) is 0 Å². The van der Waals surface area contributed by atoms with Gasteiger partial charge in [0, 0.05) is 52.9 Å². The predicted molar refractivity (Wildman–Crippen MR) is 118 cm³/mol. The standard InChI is InChI=1S/C23H30FN5O/c1-25-23(27-12-11-26-22(30)17-19-7-9-21(24)10-8-19)29-15-13-28(14-16-29)18-20-5-3-2-4-6-20/h2-10H,11-18H2,1H3,(H,25,27)(H,26,30). The summed E-state index contributed by atoms with van der Waals surface area (Å²) in [6.45, 7) is 5.90. The van der Waals surface area contributed by atoms with Gasteiger partial charge in [-0.15, -0.1) is 0 Å². The number of guanidine groups is 1. The van der Waals surface area contributed by atoms with E-state index in [1.807, 2.05) is 6.07 Å². The Balaban J connectivity index is 1.34. The van der Waals surface area contributed by atoms with Crippen molar-refractivity contribution in [3.05, 3.63) is 71.5 Å². The zero-order chi connectivity index (χ0) is 21.2. The molecule has 1 saturated heterocycles. The highest BCUT2D eigenvalue weighted by atomic mass is 19.1. The van der Waals surface area contributed by atoms with Gasteiger partial charge in [0.25, 0.3) is 0 Å². The summed E-state index contributed by atoms with van der Waals surface area (Å²) >= 11 is 0. The van der Waals surface area contributed by atoms with Gasteiger partial charge in [0.2, 0.25) is 5.91 Å². The molecule has 0 aliphatic carbocycles. The van der Waals surface area contributed by atoms with E-state index in [1.54, 1.807) is 19.2 Å². The maximum absolute atomic E-state index is 12.9. The zero-order valence-electron chi connectivity index (χ0n) is 17.5. The fourth-order valence-corrected chi connectivity index (χ4v) is 3.52. The highest BCUT2D eigenvalue weighted by Crippen LogP contribution is 2.08. The molecular weight excluding hydrogens is 381 g/mol. The summed E-state index contributed by atoms with van der Waals surface area (Å²) < 4.78 is 12.9.